The molecule has 0 aliphatic rings. The molecular formula is C12H17NS. The lowest BCUT2D eigenvalue weighted by Crippen LogP contribution is -2.16. The highest BCUT2D eigenvalue weighted by Gasteiger charge is 2.13. The van der Waals surface area contributed by atoms with E-state index >= 15 is 0 Å². The molecule has 2 heteroatoms. The summed E-state index contributed by atoms with van der Waals surface area (Å²) >= 11 is 1.83. The fourth-order valence-electron chi connectivity index (χ4n) is 1.58. The molecule has 1 atom stereocenters. The first-order valence-electron chi connectivity index (χ1n) is 5.00. The summed E-state index contributed by atoms with van der Waals surface area (Å²) in [6, 6.07) is 2.64. The minimum atomic E-state index is 0.431. The van der Waals surface area contributed by atoms with Crippen LogP contribution < -0.4 is 5.32 Å². The van der Waals surface area contributed by atoms with Crippen molar-refractivity contribution in [3.63, 3.8) is 0 Å². The van der Waals surface area contributed by atoms with Crippen molar-refractivity contribution < 1.29 is 0 Å². The van der Waals surface area contributed by atoms with Gasteiger partial charge in [-0.1, -0.05) is 6.92 Å². The lowest BCUT2D eigenvalue weighted by molar-refractivity contribution is 0.564. The summed E-state index contributed by atoms with van der Waals surface area (Å²) in [6.45, 7) is 2.19. The predicted octanol–water partition coefficient (Wildman–Crippen LogP) is 2.98. The predicted molar refractivity (Wildman–Crippen MR) is 63.6 cm³/mol. The lowest BCUT2D eigenvalue weighted by atomic mass is 10.1. The highest BCUT2D eigenvalue weighted by molar-refractivity contribution is 7.10. The topological polar surface area (TPSA) is 12.0 Å². The van der Waals surface area contributed by atoms with Gasteiger partial charge in [0.1, 0.15) is 0 Å². The Balaban J connectivity index is 2.73. The van der Waals surface area contributed by atoms with Gasteiger partial charge in [-0.05, 0) is 36.9 Å². The van der Waals surface area contributed by atoms with E-state index in [1.807, 2.05) is 18.4 Å². The van der Waals surface area contributed by atoms with Gasteiger partial charge in [0, 0.05) is 17.3 Å². The Morgan fingerprint density at radius 3 is 3.00 bits per heavy atom. The third kappa shape index (κ3) is 2.60. The summed E-state index contributed by atoms with van der Waals surface area (Å²) in [4.78, 5) is 1.45. The molecule has 76 valence electrons. The standard InChI is InChI=1S/C12H17NS/c1-4-6-7-11(13-3)12-10(5-2)8-9-14-12/h1,8-9,11,13H,5-7H2,2-3H3. The maximum absolute atomic E-state index is 5.28. The number of thiophene rings is 1. The Labute approximate surface area is 90.5 Å². The summed E-state index contributed by atoms with van der Waals surface area (Å²) in [5.41, 5.74) is 1.45. The number of terminal acetylenes is 1. The largest absolute Gasteiger partial charge is 0.312 e. The first-order chi connectivity index (χ1) is 6.83. The van der Waals surface area contributed by atoms with Crippen LogP contribution in [0, 0.1) is 12.3 Å². The van der Waals surface area contributed by atoms with Crippen molar-refractivity contribution in [2.45, 2.75) is 32.2 Å². The van der Waals surface area contributed by atoms with E-state index in [4.69, 9.17) is 6.42 Å². The second-order valence-electron chi connectivity index (χ2n) is 3.25. The number of hydrogen-bond acceptors (Lipinski definition) is 2. The van der Waals surface area contributed by atoms with Gasteiger partial charge >= 0.3 is 0 Å². The monoisotopic (exact) mass is 207 g/mol. The number of aryl methyl sites for hydroxylation is 1. The van der Waals surface area contributed by atoms with Gasteiger partial charge in [-0.3, -0.25) is 0 Å². The minimum absolute atomic E-state index is 0.431. The summed E-state index contributed by atoms with van der Waals surface area (Å²) in [5.74, 6) is 2.70. The van der Waals surface area contributed by atoms with Crippen molar-refractivity contribution in [2.24, 2.45) is 0 Å². The van der Waals surface area contributed by atoms with E-state index in [9.17, 15) is 0 Å². The Kier molecular flexibility index (Phi) is 4.72. The van der Waals surface area contributed by atoms with Gasteiger partial charge in [-0.15, -0.1) is 23.7 Å². The third-order valence-corrected chi connectivity index (χ3v) is 3.48. The van der Waals surface area contributed by atoms with Crippen LogP contribution in [0.5, 0.6) is 0 Å². The molecule has 1 heterocycles. The van der Waals surface area contributed by atoms with Crippen LogP contribution in [0.2, 0.25) is 0 Å². The van der Waals surface area contributed by atoms with Crippen LogP contribution in [0.25, 0.3) is 0 Å². The Hall–Kier alpha value is -0.780. The highest BCUT2D eigenvalue weighted by atomic mass is 32.1. The molecule has 1 rings (SSSR count). The molecule has 0 aliphatic carbocycles. The van der Waals surface area contributed by atoms with Crippen molar-refractivity contribution in [3.8, 4) is 12.3 Å². The molecule has 14 heavy (non-hydrogen) atoms. The van der Waals surface area contributed by atoms with E-state index in [1.54, 1.807) is 0 Å². The molecule has 0 saturated heterocycles. The van der Waals surface area contributed by atoms with E-state index in [0.29, 0.717) is 6.04 Å². The van der Waals surface area contributed by atoms with Crippen molar-refractivity contribution in [1.29, 1.82) is 0 Å². The molecular weight excluding hydrogens is 190 g/mol. The first kappa shape index (κ1) is 11.3. The van der Waals surface area contributed by atoms with Crippen LogP contribution in [-0.2, 0) is 6.42 Å². The average molecular weight is 207 g/mol. The molecule has 0 fully saturated rings. The van der Waals surface area contributed by atoms with Crippen LogP contribution in [0.4, 0.5) is 0 Å². The maximum Gasteiger partial charge on any atom is 0.0424 e. The van der Waals surface area contributed by atoms with Crippen molar-refractivity contribution in [2.75, 3.05) is 7.05 Å². The average Bonchev–Trinajstić information content (AvgIpc) is 2.67. The van der Waals surface area contributed by atoms with E-state index in [0.717, 1.165) is 19.3 Å². The van der Waals surface area contributed by atoms with Gasteiger partial charge in [0.25, 0.3) is 0 Å². The summed E-state index contributed by atoms with van der Waals surface area (Å²) in [7, 11) is 2.00. The van der Waals surface area contributed by atoms with Crippen LogP contribution in [-0.4, -0.2) is 7.05 Å². The van der Waals surface area contributed by atoms with E-state index in [1.165, 1.54) is 10.4 Å². The third-order valence-electron chi connectivity index (χ3n) is 2.40. The quantitative estimate of drug-likeness (QED) is 0.732. The number of hydrogen-bond donors (Lipinski definition) is 1. The highest BCUT2D eigenvalue weighted by Crippen LogP contribution is 2.27. The van der Waals surface area contributed by atoms with Gasteiger partial charge in [0.05, 0.1) is 0 Å². The second-order valence-corrected chi connectivity index (χ2v) is 4.20. The smallest absolute Gasteiger partial charge is 0.0424 e. The van der Waals surface area contributed by atoms with Crippen LogP contribution in [0.15, 0.2) is 11.4 Å². The van der Waals surface area contributed by atoms with Gasteiger partial charge in [-0.2, -0.15) is 0 Å². The Morgan fingerprint density at radius 1 is 1.64 bits per heavy atom. The van der Waals surface area contributed by atoms with Crippen molar-refractivity contribution in [3.05, 3.63) is 21.9 Å². The number of nitrogens with one attached hydrogen (secondary N) is 1. The van der Waals surface area contributed by atoms with Crippen molar-refractivity contribution >= 4 is 11.3 Å². The SMILES string of the molecule is C#CCCC(NC)c1sccc1CC. The summed E-state index contributed by atoms with van der Waals surface area (Å²) in [5, 5.41) is 5.49. The van der Waals surface area contributed by atoms with E-state index in [2.05, 4.69) is 29.6 Å². The zero-order valence-electron chi connectivity index (χ0n) is 8.84. The maximum atomic E-state index is 5.28. The van der Waals surface area contributed by atoms with E-state index < -0.39 is 0 Å². The molecule has 1 unspecified atom stereocenters. The lowest BCUT2D eigenvalue weighted by Gasteiger charge is -2.14. The first-order valence-corrected chi connectivity index (χ1v) is 5.88. The summed E-state index contributed by atoms with van der Waals surface area (Å²) in [6.07, 6.45) is 8.25. The van der Waals surface area contributed by atoms with Crippen LogP contribution in [0.1, 0.15) is 36.2 Å². The molecule has 0 radical (unpaired) electrons. The molecule has 1 N–H and O–H groups in total. The molecule has 1 nitrogen and oxygen atoms in total. The molecule has 0 aromatic carbocycles. The fraction of sp³-hybridized carbons (Fsp3) is 0.500. The van der Waals surface area contributed by atoms with Gasteiger partial charge in [-0.25, -0.2) is 0 Å². The van der Waals surface area contributed by atoms with Gasteiger partial charge in [0.2, 0.25) is 0 Å². The van der Waals surface area contributed by atoms with Crippen LogP contribution in [0.3, 0.4) is 0 Å². The number of rotatable bonds is 5. The second kappa shape index (κ2) is 5.85. The zero-order chi connectivity index (χ0) is 10.4. The molecule has 0 aliphatic heterocycles. The summed E-state index contributed by atoms with van der Waals surface area (Å²) < 4.78 is 0. The normalized spacial score (nSPS) is 12.4. The molecule has 0 spiro atoms. The van der Waals surface area contributed by atoms with Crippen LogP contribution >= 0.6 is 11.3 Å². The Morgan fingerprint density at radius 2 is 2.43 bits per heavy atom. The fourth-order valence-corrected chi connectivity index (χ4v) is 2.72. The zero-order valence-corrected chi connectivity index (χ0v) is 9.66. The van der Waals surface area contributed by atoms with E-state index in [-0.39, 0.29) is 0 Å². The Bertz CT molecular complexity index is 308. The molecule has 1 aromatic heterocycles. The van der Waals surface area contributed by atoms with Gasteiger partial charge < -0.3 is 5.32 Å². The molecule has 0 saturated carbocycles. The molecule has 1 aromatic rings. The molecule has 0 bridgehead atoms. The minimum Gasteiger partial charge on any atom is -0.312 e. The van der Waals surface area contributed by atoms with Crippen molar-refractivity contribution in [1.82, 2.24) is 5.32 Å². The molecule has 0 amide bonds. The van der Waals surface area contributed by atoms with Gasteiger partial charge in [0.15, 0.2) is 0 Å².